The Hall–Kier alpha value is -2.53. The monoisotopic (exact) mass is 325 g/mol. The van der Waals surface area contributed by atoms with Crippen LogP contribution in [0.25, 0.3) is 10.8 Å². The predicted octanol–water partition coefficient (Wildman–Crippen LogP) is 3.81. The first-order valence-corrected chi connectivity index (χ1v) is 8.15. The third kappa shape index (κ3) is 3.46. The first-order chi connectivity index (χ1) is 11.1. The lowest BCUT2D eigenvalue weighted by atomic mass is 9.91. The van der Waals surface area contributed by atoms with Gasteiger partial charge in [0.1, 0.15) is 0 Å². The average Bonchev–Trinajstić information content (AvgIpc) is 3.09. The molecule has 5 heteroatoms. The van der Waals surface area contributed by atoms with Gasteiger partial charge in [-0.25, -0.2) is 4.98 Å². The summed E-state index contributed by atoms with van der Waals surface area (Å²) in [5, 5.41) is 13.7. The molecule has 2 aromatic carbocycles. The number of Topliss-reactive ketones (excluding diaryl/α,β-unsaturated/α-hetero) is 1. The zero-order valence-electron chi connectivity index (χ0n) is 12.3. The van der Waals surface area contributed by atoms with Crippen LogP contribution in [0.1, 0.15) is 21.8 Å². The molecule has 23 heavy (non-hydrogen) atoms. The van der Waals surface area contributed by atoms with E-state index < -0.39 is 11.9 Å². The molecule has 116 valence electrons. The van der Waals surface area contributed by atoms with E-state index in [1.54, 1.807) is 11.6 Å². The number of rotatable bonds is 6. The molecule has 1 N–H and O–H groups in total. The average molecular weight is 325 g/mol. The Morgan fingerprint density at radius 1 is 1.13 bits per heavy atom. The molecule has 1 atom stereocenters. The van der Waals surface area contributed by atoms with Gasteiger partial charge in [-0.15, -0.1) is 11.3 Å². The van der Waals surface area contributed by atoms with Crippen LogP contribution in [0, 0.1) is 5.92 Å². The maximum atomic E-state index is 12.2. The van der Waals surface area contributed by atoms with Crippen LogP contribution in [0.15, 0.2) is 54.0 Å². The fourth-order valence-corrected chi connectivity index (χ4v) is 3.24. The van der Waals surface area contributed by atoms with Crippen molar-refractivity contribution in [2.75, 3.05) is 0 Å². The second-order valence-electron chi connectivity index (χ2n) is 5.34. The lowest BCUT2D eigenvalue weighted by Gasteiger charge is -2.13. The summed E-state index contributed by atoms with van der Waals surface area (Å²) in [6, 6.07) is 13.7. The number of benzene rings is 2. The van der Waals surface area contributed by atoms with Crippen molar-refractivity contribution in [3.8, 4) is 0 Å². The van der Waals surface area contributed by atoms with Crippen molar-refractivity contribution in [1.82, 2.24) is 4.98 Å². The molecule has 1 aromatic heterocycles. The summed E-state index contributed by atoms with van der Waals surface area (Å²) in [5.41, 5.74) is 0.947. The van der Waals surface area contributed by atoms with Gasteiger partial charge in [0.25, 0.3) is 0 Å². The third-order valence-electron chi connectivity index (χ3n) is 3.80. The summed E-state index contributed by atoms with van der Waals surface area (Å²) in [5.74, 6) is -1.92. The van der Waals surface area contributed by atoms with E-state index in [1.165, 1.54) is 11.3 Å². The number of thiazole rings is 1. The van der Waals surface area contributed by atoms with Crippen molar-refractivity contribution in [2.45, 2.75) is 12.8 Å². The van der Waals surface area contributed by atoms with Crippen LogP contribution in [0.4, 0.5) is 0 Å². The standard InChI is InChI=1S/C18H15NO3S/c20-16(17-19-8-9-23-17)11-14(18(21)22)10-13-6-3-5-12-4-1-2-7-15(12)13/h1-9,14H,10-11H2,(H,21,22). The number of ketones is 1. The summed E-state index contributed by atoms with van der Waals surface area (Å²) in [7, 11) is 0. The molecule has 1 heterocycles. The second-order valence-corrected chi connectivity index (χ2v) is 6.24. The van der Waals surface area contributed by atoms with Crippen LogP contribution in [0.5, 0.6) is 0 Å². The van der Waals surface area contributed by atoms with Gasteiger partial charge in [-0.05, 0) is 22.8 Å². The van der Waals surface area contributed by atoms with E-state index in [2.05, 4.69) is 4.98 Å². The predicted molar refractivity (Wildman–Crippen MR) is 89.8 cm³/mol. The number of carboxylic acids is 1. The van der Waals surface area contributed by atoms with E-state index in [9.17, 15) is 14.7 Å². The molecule has 0 bridgehead atoms. The summed E-state index contributed by atoms with van der Waals surface area (Å²) >= 11 is 1.24. The van der Waals surface area contributed by atoms with Crippen LogP contribution in [-0.2, 0) is 11.2 Å². The molecular formula is C18H15NO3S. The molecule has 1 unspecified atom stereocenters. The highest BCUT2D eigenvalue weighted by molar-refractivity contribution is 7.11. The van der Waals surface area contributed by atoms with Crippen molar-refractivity contribution >= 4 is 33.9 Å². The number of hydrogen-bond acceptors (Lipinski definition) is 4. The molecule has 4 nitrogen and oxygen atoms in total. The lowest BCUT2D eigenvalue weighted by molar-refractivity contribution is -0.141. The zero-order chi connectivity index (χ0) is 16.2. The van der Waals surface area contributed by atoms with E-state index >= 15 is 0 Å². The number of fused-ring (bicyclic) bond motifs is 1. The first-order valence-electron chi connectivity index (χ1n) is 7.27. The number of carbonyl (C=O) groups is 2. The van der Waals surface area contributed by atoms with Gasteiger partial charge in [-0.2, -0.15) is 0 Å². The normalized spacial score (nSPS) is 12.2. The third-order valence-corrected chi connectivity index (χ3v) is 4.61. The highest BCUT2D eigenvalue weighted by Crippen LogP contribution is 2.23. The van der Waals surface area contributed by atoms with Crippen molar-refractivity contribution in [3.63, 3.8) is 0 Å². The topological polar surface area (TPSA) is 67.3 Å². The van der Waals surface area contributed by atoms with Gasteiger partial charge in [0.2, 0.25) is 0 Å². The van der Waals surface area contributed by atoms with Gasteiger partial charge in [-0.1, -0.05) is 42.5 Å². The molecule has 0 amide bonds. The summed E-state index contributed by atoms with van der Waals surface area (Å²) in [6.45, 7) is 0. The molecule has 0 aliphatic rings. The number of nitrogens with zero attached hydrogens (tertiary/aromatic N) is 1. The molecule has 0 fully saturated rings. The second kappa shape index (κ2) is 6.71. The zero-order valence-corrected chi connectivity index (χ0v) is 13.1. The number of hydrogen-bond donors (Lipinski definition) is 1. The molecule has 0 radical (unpaired) electrons. The lowest BCUT2D eigenvalue weighted by Crippen LogP contribution is -2.20. The highest BCUT2D eigenvalue weighted by Gasteiger charge is 2.24. The van der Waals surface area contributed by atoms with Crippen LogP contribution in [0.3, 0.4) is 0 Å². The van der Waals surface area contributed by atoms with Crippen LogP contribution < -0.4 is 0 Å². The summed E-state index contributed by atoms with van der Waals surface area (Å²) in [6.07, 6.45) is 1.85. The van der Waals surface area contributed by atoms with Gasteiger partial charge < -0.3 is 5.11 Å². The molecule has 0 aliphatic carbocycles. The Bertz CT molecular complexity index is 837. The molecular weight excluding hydrogens is 310 g/mol. The fourth-order valence-electron chi connectivity index (χ4n) is 2.65. The van der Waals surface area contributed by atoms with Gasteiger partial charge in [0, 0.05) is 18.0 Å². The van der Waals surface area contributed by atoms with Crippen LogP contribution in [-0.4, -0.2) is 21.8 Å². The summed E-state index contributed by atoms with van der Waals surface area (Å²) in [4.78, 5) is 27.7. The minimum absolute atomic E-state index is 0.0356. The molecule has 0 aliphatic heterocycles. The van der Waals surface area contributed by atoms with E-state index in [-0.39, 0.29) is 12.2 Å². The first kappa shape index (κ1) is 15.4. The quantitative estimate of drug-likeness (QED) is 0.700. The van der Waals surface area contributed by atoms with Crippen LogP contribution >= 0.6 is 11.3 Å². The van der Waals surface area contributed by atoms with E-state index in [0.29, 0.717) is 11.4 Å². The van der Waals surface area contributed by atoms with E-state index in [1.807, 2.05) is 42.5 Å². The maximum Gasteiger partial charge on any atom is 0.307 e. The maximum absolute atomic E-state index is 12.2. The summed E-state index contributed by atoms with van der Waals surface area (Å²) < 4.78 is 0. The smallest absolute Gasteiger partial charge is 0.307 e. The molecule has 3 rings (SSSR count). The van der Waals surface area contributed by atoms with Crippen molar-refractivity contribution in [2.24, 2.45) is 5.92 Å². The minimum atomic E-state index is -0.956. The van der Waals surface area contributed by atoms with Gasteiger partial charge >= 0.3 is 5.97 Å². The van der Waals surface area contributed by atoms with Crippen molar-refractivity contribution in [1.29, 1.82) is 0 Å². The largest absolute Gasteiger partial charge is 0.481 e. The highest BCUT2D eigenvalue weighted by atomic mass is 32.1. The van der Waals surface area contributed by atoms with Crippen molar-refractivity contribution < 1.29 is 14.7 Å². The molecule has 3 aromatic rings. The van der Waals surface area contributed by atoms with Crippen LogP contribution in [0.2, 0.25) is 0 Å². The molecule has 0 saturated carbocycles. The minimum Gasteiger partial charge on any atom is -0.481 e. The number of aromatic nitrogens is 1. The van der Waals surface area contributed by atoms with E-state index in [0.717, 1.165) is 16.3 Å². The molecule has 0 saturated heterocycles. The van der Waals surface area contributed by atoms with Gasteiger partial charge in [0.05, 0.1) is 5.92 Å². The number of aliphatic carboxylic acids is 1. The number of carboxylic acid groups (broad SMARTS) is 1. The SMILES string of the molecule is O=C(CC(Cc1cccc2ccccc12)C(=O)O)c1nccs1. The Kier molecular flexibility index (Phi) is 4.48. The Morgan fingerprint density at radius 2 is 1.91 bits per heavy atom. The number of carbonyl (C=O) groups excluding carboxylic acids is 1. The van der Waals surface area contributed by atoms with Crippen molar-refractivity contribution in [3.05, 3.63) is 64.6 Å². The Labute approximate surface area is 137 Å². The Balaban J connectivity index is 1.84. The van der Waals surface area contributed by atoms with Gasteiger partial charge in [0.15, 0.2) is 10.8 Å². The fraction of sp³-hybridized carbons (Fsp3) is 0.167. The van der Waals surface area contributed by atoms with Gasteiger partial charge in [-0.3, -0.25) is 9.59 Å². The van der Waals surface area contributed by atoms with E-state index in [4.69, 9.17) is 0 Å². The Morgan fingerprint density at radius 3 is 2.65 bits per heavy atom. The molecule has 0 spiro atoms.